The van der Waals surface area contributed by atoms with Crippen LogP contribution in [0, 0.1) is 12.8 Å². The molecule has 0 aliphatic carbocycles. The van der Waals surface area contributed by atoms with Gasteiger partial charge in [-0.15, -0.1) is 0 Å². The van der Waals surface area contributed by atoms with Crippen molar-refractivity contribution in [3.63, 3.8) is 0 Å². The zero-order valence-electron chi connectivity index (χ0n) is 8.75. The van der Waals surface area contributed by atoms with E-state index in [4.69, 9.17) is 4.52 Å². The summed E-state index contributed by atoms with van der Waals surface area (Å²) in [5.41, 5.74) is 1.11. The highest BCUT2D eigenvalue weighted by Crippen LogP contribution is 2.16. The lowest BCUT2D eigenvalue weighted by molar-refractivity contribution is 0.380. The number of nitrogens with one attached hydrogen (secondary N) is 1. The molecule has 1 atom stereocenters. The topological polar surface area (TPSA) is 38.1 Å². The minimum Gasteiger partial charge on any atom is -0.361 e. The van der Waals surface area contributed by atoms with Crippen molar-refractivity contribution in [2.45, 2.75) is 32.6 Å². The predicted molar refractivity (Wildman–Crippen MR) is 55.2 cm³/mol. The Balaban J connectivity index is 1.89. The molecule has 1 aromatic heterocycles. The number of hydrogen-bond acceptors (Lipinski definition) is 3. The summed E-state index contributed by atoms with van der Waals surface area (Å²) in [6.45, 7) is 4.25. The van der Waals surface area contributed by atoms with Crippen LogP contribution in [0.3, 0.4) is 0 Å². The first-order valence-electron chi connectivity index (χ1n) is 5.47. The van der Waals surface area contributed by atoms with E-state index in [-0.39, 0.29) is 0 Å². The van der Waals surface area contributed by atoms with E-state index in [1.54, 1.807) is 0 Å². The van der Waals surface area contributed by atoms with Crippen molar-refractivity contribution >= 4 is 0 Å². The number of nitrogens with zero attached hydrogens (tertiary/aromatic N) is 1. The molecule has 3 nitrogen and oxygen atoms in total. The summed E-state index contributed by atoms with van der Waals surface area (Å²) in [4.78, 5) is 0. The maximum atomic E-state index is 5.07. The van der Waals surface area contributed by atoms with E-state index in [0.29, 0.717) is 0 Å². The van der Waals surface area contributed by atoms with E-state index in [0.717, 1.165) is 30.3 Å². The van der Waals surface area contributed by atoms with Gasteiger partial charge in [0.2, 0.25) is 0 Å². The van der Waals surface area contributed by atoms with Gasteiger partial charge < -0.3 is 9.84 Å². The molecule has 0 saturated carbocycles. The summed E-state index contributed by atoms with van der Waals surface area (Å²) in [6.07, 6.45) is 5.03. The quantitative estimate of drug-likeness (QED) is 0.781. The Hall–Kier alpha value is -0.830. The summed E-state index contributed by atoms with van der Waals surface area (Å²) in [6, 6.07) is 2.05. The lowest BCUT2D eigenvalue weighted by Crippen LogP contribution is -2.22. The monoisotopic (exact) mass is 194 g/mol. The minimum absolute atomic E-state index is 0.738. The highest BCUT2D eigenvalue weighted by molar-refractivity contribution is 5.04. The average molecular weight is 194 g/mol. The Labute approximate surface area is 84.9 Å². The molecule has 14 heavy (non-hydrogen) atoms. The smallest absolute Gasteiger partial charge is 0.133 e. The average Bonchev–Trinajstić information content (AvgIpc) is 2.43. The summed E-state index contributed by atoms with van der Waals surface area (Å²) in [7, 11) is 0. The van der Waals surface area contributed by atoms with Gasteiger partial charge in [-0.3, -0.25) is 0 Å². The first-order valence-corrected chi connectivity index (χ1v) is 5.47. The molecule has 0 amide bonds. The third-order valence-corrected chi connectivity index (χ3v) is 2.82. The van der Waals surface area contributed by atoms with Crippen LogP contribution in [0.1, 0.15) is 30.7 Å². The van der Waals surface area contributed by atoms with Crippen molar-refractivity contribution in [2.75, 3.05) is 13.1 Å². The van der Waals surface area contributed by atoms with E-state index in [1.165, 1.54) is 25.8 Å². The van der Waals surface area contributed by atoms with Crippen molar-refractivity contribution in [1.82, 2.24) is 10.5 Å². The van der Waals surface area contributed by atoms with Crippen LogP contribution in [-0.4, -0.2) is 18.2 Å². The van der Waals surface area contributed by atoms with Crippen LogP contribution in [0.15, 0.2) is 10.6 Å². The Morgan fingerprint density at radius 1 is 1.57 bits per heavy atom. The lowest BCUT2D eigenvalue weighted by atomic mass is 9.98. The maximum absolute atomic E-state index is 5.07. The molecule has 78 valence electrons. The largest absolute Gasteiger partial charge is 0.361 e. The zero-order chi connectivity index (χ0) is 9.80. The van der Waals surface area contributed by atoms with Crippen molar-refractivity contribution < 1.29 is 4.52 Å². The molecule has 1 aliphatic heterocycles. The molecule has 0 radical (unpaired) electrons. The minimum atomic E-state index is 0.738. The standard InChI is InChI=1S/C11H18N2O/c1-9-6-11(13-14-9)7-10-4-2-3-5-12-8-10/h6,10,12H,2-5,7-8H2,1H3. The van der Waals surface area contributed by atoms with Gasteiger partial charge in [-0.05, 0) is 45.2 Å². The molecule has 2 heterocycles. The van der Waals surface area contributed by atoms with Gasteiger partial charge in [-0.25, -0.2) is 0 Å². The Kier molecular flexibility index (Phi) is 3.19. The van der Waals surface area contributed by atoms with Gasteiger partial charge in [-0.1, -0.05) is 11.6 Å². The molecular formula is C11H18N2O. The molecule has 0 spiro atoms. The first kappa shape index (κ1) is 9.71. The number of aryl methyl sites for hydroxylation is 1. The van der Waals surface area contributed by atoms with Gasteiger partial charge >= 0.3 is 0 Å². The molecule has 1 unspecified atom stereocenters. The Bertz CT molecular complexity index is 275. The molecule has 1 N–H and O–H groups in total. The van der Waals surface area contributed by atoms with Gasteiger partial charge in [0.1, 0.15) is 5.76 Å². The van der Waals surface area contributed by atoms with Gasteiger partial charge in [0.15, 0.2) is 0 Å². The molecule has 1 saturated heterocycles. The lowest BCUT2D eigenvalue weighted by Gasteiger charge is -2.11. The SMILES string of the molecule is Cc1cc(CC2CCCCNC2)no1. The molecule has 1 aliphatic rings. The van der Waals surface area contributed by atoms with E-state index in [1.807, 2.05) is 13.0 Å². The molecule has 2 rings (SSSR count). The summed E-state index contributed by atoms with van der Waals surface area (Å²) >= 11 is 0. The Morgan fingerprint density at radius 2 is 2.50 bits per heavy atom. The van der Waals surface area contributed by atoms with Crippen LogP contribution in [0.25, 0.3) is 0 Å². The van der Waals surface area contributed by atoms with E-state index in [9.17, 15) is 0 Å². The van der Waals surface area contributed by atoms with E-state index in [2.05, 4.69) is 10.5 Å². The van der Waals surface area contributed by atoms with Gasteiger partial charge in [0.05, 0.1) is 5.69 Å². The van der Waals surface area contributed by atoms with Crippen LogP contribution in [0.4, 0.5) is 0 Å². The Morgan fingerprint density at radius 3 is 3.29 bits per heavy atom. The third-order valence-electron chi connectivity index (χ3n) is 2.82. The highest BCUT2D eigenvalue weighted by Gasteiger charge is 2.14. The molecule has 0 bridgehead atoms. The fraction of sp³-hybridized carbons (Fsp3) is 0.727. The van der Waals surface area contributed by atoms with Crippen molar-refractivity contribution in [1.29, 1.82) is 0 Å². The van der Waals surface area contributed by atoms with Crippen molar-refractivity contribution in [3.05, 3.63) is 17.5 Å². The summed E-state index contributed by atoms with van der Waals surface area (Å²) in [5, 5.41) is 7.50. The third kappa shape index (κ3) is 2.58. The maximum Gasteiger partial charge on any atom is 0.133 e. The number of aromatic nitrogens is 1. The fourth-order valence-electron chi connectivity index (χ4n) is 2.08. The number of rotatable bonds is 2. The number of hydrogen-bond donors (Lipinski definition) is 1. The van der Waals surface area contributed by atoms with Gasteiger partial charge in [0.25, 0.3) is 0 Å². The van der Waals surface area contributed by atoms with Gasteiger partial charge in [-0.2, -0.15) is 0 Å². The second kappa shape index (κ2) is 4.60. The van der Waals surface area contributed by atoms with Crippen LogP contribution >= 0.6 is 0 Å². The molecule has 3 heteroatoms. The second-order valence-corrected chi connectivity index (χ2v) is 4.20. The van der Waals surface area contributed by atoms with Crippen LogP contribution in [0.2, 0.25) is 0 Å². The first-order chi connectivity index (χ1) is 6.84. The van der Waals surface area contributed by atoms with E-state index >= 15 is 0 Å². The molecule has 1 aromatic rings. The van der Waals surface area contributed by atoms with Crippen LogP contribution < -0.4 is 5.32 Å². The van der Waals surface area contributed by atoms with Crippen molar-refractivity contribution in [2.24, 2.45) is 5.92 Å². The zero-order valence-corrected chi connectivity index (χ0v) is 8.75. The van der Waals surface area contributed by atoms with Crippen LogP contribution in [-0.2, 0) is 6.42 Å². The van der Waals surface area contributed by atoms with Crippen LogP contribution in [0.5, 0.6) is 0 Å². The van der Waals surface area contributed by atoms with Gasteiger partial charge in [0, 0.05) is 6.07 Å². The second-order valence-electron chi connectivity index (χ2n) is 4.20. The summed E-state index contributed by atoms with van der Waals surface area (Å²) in [5.74, 6) is 1.66. The van der Waals surface area contributed by atoms with E-state index < -0.39 is 0 Å². The summed E-state index contributed by atoms with van der Waals surface area (Å²) < 4.78 is 5.07. The normalized spacial score (nSPS) is 23.4. The van der Waals surface area contributed by atoms with Crippen molar-refractivity contribution in [3.8, 4) is 0 Å². The fourth-order valence-corrected chi connectivity index (χ4v) is 2.08. The molecular weight excluding hydrogens is 176 g/mol. The molecule has 1 fully saturated rings. The molecule has 0 aromatic carbocycles. The predicted octanol–water partition coefficient (Wildman–Crippen LogP) is 1.92. The highest BCUT2D eigenvalue weighted by atomic mass is 16.5.